The summed E-state index contributed by atoms with van der Waals surface area (Å²) in [5, 5.41) is 0. The highest BCUT2D eigenvalue weighted by Gasteiger charge is 2.07. The summed E-state index contributed by atoms with van der Waals surface area (Å²) in [4.78, 5) is 0. The average molecular weight is 346 g/mol. The molecule has 0 atom stereocenters. The third-order valence-corrected chi connectivity index (χ3v) is 3.84. The van der Waals surface area contributed by atoms with Crippen molar-refractivity contribution >= 4 is 6.08 Å². The molecule has 0 aliphatic heterocycles. The summed E-state index contributed by atoms with van der Waals surface area (Å²) >= 11 is 0. The van der Waals surface area contributed by atoms with Crippen LogP contribution in [0.5, 0.6) is 11.5 Å². The molecule has 3 heteroatoms. The largest absolute Gasteiger partial charge is 0.504 e. The summed E-state index contributed by atoms with van der Waals surface area (Å²) in [7, 11) is 1.63. The molecule has 0 unspecified atom stereocenters. The van der Waals surface area contributed by atoms with Crippen molar-refractivity contribution in [2.75, 3.05) is 7.11 Å². The number of rotatable bonds is 8. The summed E-state index contributed by atoms with van der Waals surface area (Å²) in [5.74, 6) is 1.43. The lowest BCUT2D eigenvalue weighted by molar-refractivity contribution is 0.256. The second kappa shape index (κ2) is 9.33. The fourth-order valence-corrected chi connectivity index (χ4v) is 2.48. The van der Waals surface area contributed by atoms with Crippen LogP contribution in [0.3, 0.4) is 0 Å². The van der Waals surface area contributed by atoms with Gasteiger partial charge < -0.3 is 14.2 Å². The van der Waals surface area contributed by atoms with E-state index in [1.54, 1.807) is 13.4 Å². The highest BCUT2D eigenvalue weighted by atomic mass is 16.5. The van der Waals surface area contributed by atoms with Crippen molar-refractivity contribution in [3.63, 3.8) is 0 Å². The second-order valence-corrected chi connectivity index (χ2v) is 5.79. The Kier molecular flexibility index (Phi) is 6.32. The summed E-state index contributed by atoms with van der Waals surface area (Å²) in [6.45, 7) is 0.982. The van der Waals surface area contributed by atoms with Gasteiger partial charge in [-0.05, 0) is 34.9 Å². The zero-order valence-electron chi connectivity index (χ0n) is 14.8. The zero-order chi connectivity index (χ0) is 18.0. The quantitative estimate of drug-likeness (QED) is 0.507. The molecule has 0 saturated carbocycles. The van der Waals surface area contributed by atoms with Crippen LogP contribution in [0.1, 0.15) is 16.7 Å². The Morgan fingerprint density at radius 2 is 1.27 bits per heavy atom. The molecule has 0 aliphatic rings. The standard InChI is InChI=1S/C23H22O3/c1-24-15-14-19-12-13-22(25-17-20-8-4-2-5-9-20)23(16-19)26-18-21-10-6-3-7-11-21/h2-16H,17-18H2,1H3. The number of benzene rings is 3. The van der Waals surface area contributed by atoms with Crippen LogP contribution in [-0.4, -0.2) is 7.11 Å². The average Bonchev–Trinajstić information content (AvgIpc) is 2.71. The van der Waals surface area contributed by atoms with Gasteiger partial charge >= 0.3 is 0 Å². The normalized spacial score (nSPS) is 10.7. The molecular formula is C23H22O3. The van der Waals surface area contributed by atoms with Gasteiger partial charge in [-0.15, -0.1) is 0 Å². The smallest absolute Gasteiger partial charge is 0.162 e. The van der Waals surface area contributed by atoms with E-state index in [1.165, 1.54) is 0 Å². The van der Waals surface area contributed by atoms with Crippen LogP contribution in [0.25, 0.3) is 6.08 Å². The zero-order valence-corrected chi connectivity index (χ0v) is 14.8. The number of ether oxygens (including phenoxy) is 3. The van der Waals surface area contributed by atoms with E-state index in [4.69, 9.17) is 14.2 Å². The van der Waals surface area contributed by atoms with E-state index in [0.717, 1.165) is 22.4 Å². The molecule has 3 nitrogen and oxygen atoms in total. The molecule has 3 rings (SSSR count). The van der Waals surface area contributed by atoms with Crippen LogP contribution in [0, 0.1) is 0 Å². The Morgan fingerprint density at radius 1 is 0.692 bits per heavy atom. The van der Waals surface area contributed by atoms with Gasteiger partial charge in [0.15, 0.2) is 11.5 Å². The van der Waals surface area contributed by atoms with Gasteiger partial charge in [0.2, 0.25) is 0 Å². The predicted octanol–water partition coefficient (Wildman–Crippen LogP) is 5.46. The molecule has 3 aromatic carbocycles. The van der Waals surface area contributed by atoms with Gasteiger partial charge in [-0.25, -0.2) is 0 Å². The number of hydrogen-bond acceptors (Lipinski definition) is 3. The molecule has 0 aliphatic carbocycles. The maximum absolute atomic E-state index is 6.03. The number of methoxy groups -OCH3 is 1. The molecular weight excluding hydrogens is 324 g/mol. The van der Waals surface area contributed by atoms with E-state index in [2.05, 4.69) is 0 Å². The highest BCUT2D eigenvalue weighted by Crippen LogP contribution is 2.30. The number of hydrogen-bond donors (Lipinski definition) is 0. The van der Waals surface area contributed by atoms with Crippen LogP contribution < -0.4 is 9.47 Å². The maximum Gasteiger partial charge on any atom is 0.162 e. The van der Waals surface area contributed by atoms with Crippen molar-refractivity contribution in [1.82, 2.24) is 0 Å². The van der Waals surface area contributed by atoms with E-state index in [-0.39, 0.29) is 0 Å². The monoisotopic (exact) mass is 346 g/mol. The van der Waals surface area contributed by atoms with E-state index in [9.17, 15) is 0 Å². The van der Waals surface area contributed by atoms with E-state index in [1.807, 2.05) is 84.9 Å². The minimum absolute atomic E-state index is 0.486. The lowest BCUT2D eigenvalue weighted by Gasteiger charge is -2.14. The molecule has 0 fully saturated rings. The molecule has 0 N–H and O–H groups in total. The fourth-order valence-electron chi connectivity index (χ4n) is 2.48. The van der Waals surface area contributed by atoms with Crippen LogP contribution in [0.2, 0.25) is 0 Å². The van der Waals surface area contributed by atoms with E-state index >= 15 is 0 Å². The Hall–Kier alpha value is -3.20. The SMILES string of the molecule is COC=Cc1ccc(OCc2ccccc2)c(OCc2ccccc2)c1. The van der Waals surface area contributed by atoms with Crippen molar-refractivity contribution in [3.05, 3.63) is 102 Å². The Labute approximate surface area is 154 Å². The first-order valence-corrected chi connectivity index (χ1v) is 8.52. The lowest BCUT2D eigenvalue weighted by atomic mass is 10.2. The third kappa shape index (κ3) is 5.15. The molecule has 3 aromatic rings. The minimum atomic E-state index is 0.486. The van der Waals surface area contributed by atoms with E-state index < -0.39 is 0 Å². The Balaban J connectivity index is 1.76. The van der Waals surface area contributed by atoms with Crippen LogP contribution in [0.15, 0.2) is 85.1 Å². The lowest BCUT2D eigenvalue weighted by Crippen LogP contribution is -2.01. The molecule has 0 radical (unpaired) electrons. The summed E-state index contributed by atoms with van der Waals surface area (Å²) in [6.07, 6.45) is 3.52. The first-order valence-electron chi connectivity index (χ1n) is 8.52. The van der Waals surface area contributed by atoms with Gasteiger partial charge in [0.05, 0.1) is 13.4 Å². The molecule has 0 heterocycles. The van der Waals surface area contributed by atoms with Gasteiger partial charge in [-0.1, -0.05) is 66.7 Å². The van der Waals surface area contributed by atoms with E-state index in [0.29, 0.717) is 19.0 Å². The maximum atomic E-state index is 6.03. The van der Waals surface area contributed by atoms with Gasteiger partial charge in [-0.2, -0.15) is 0 Å². The van der Waals surface area contributed by atoms with Gasteiger partial charge in [0.1, 0.15) is 13.2 Å². The molecule has 0 spiro atoms. The summed E-state index contributed by atoms with van der Waals surface area (Å²) < 4.78 is 17.0. The fraction of sp³-hybridized carbons (Fsp3) is 0.130. The Morgan fingerprint density at radius 3 is 1.85 bits per heavy atom. The minimum Gasteiger partial charge on any atom is -0.504 e. The summed E-state index contributed by atoms with van der Waals surface area (Å²) in [6, 6.07) is 26.0. The summed E-state index contributed by atoms with van der Waals surface area (Å²) in [5.41, 5.74) is 3.21. The molecule has 0 aromatic heterocycles. The molecule has 0 amide bonds. The van der Waals surface area contributed by atoms with Crippen LogP contribution in [-0.2, 0) is 18.0 Å². The first kappa shape index (κ1) is 17.6. The third-order valence-electron chi connectivity index (χ3n) is 3.84. The predicted molar refractivity (Wildman–Crippen MR) is 104 cm³/mol. The van der Waals surface area contributed by atoms with Crippen LogP contribution in [0.4, 0.5) is 0 Å². The van der Waals surface area contributed by atoms with Crippen molar-refractivity contribution in [3.8, 4) is 11.5 Å². The highest BCUT2D eigenvalue weighted by molar-refractivity contribution is 5.55. The van der Waals surface area contributed by atoms with Crippen molar-refractivity contribution in [2.24, 2.45) is 0 Å². The van der Waals surface area contributed by atoms with Gasteiger partial charge in [-0.3, -0.25) is 0 Å². The first-order chi connectivity index (χ1) is 12.8. The molecule has 26 heavy (non-hydrogen) atoms. The van der Waals surface area contributed by atoms with Crippen LogP contribution >= 0.6 is 0 Å². The Bertz CT molecular complexity index is 827. The van der Waals surface area contributed by atoms with Crippen molar-refractivity contribution < 1.29 is 14.2 Å². The van der Waals surface area contributed by atoms with Gasteiger partial charge in [0.25, 0.3) is 0 Å². The topological polar surface area (TPSA) is 27.7 Å². The van der Waals surface area contributed by atoms with Crippen molar-refractivity contribution in [1.29, 1.82) is 0 Å². The second-order valence-electron chi connectivity index (χ2n) is 5.79. The molecule has 132 valence electrons. The molecule has 0 saturated heterocycles. The van der Waals surface area contributed by atoms with Gasteiger partial charge in [0, 0.05) is 0 Å². The molecule has 0 bridgehead atoms. The van der Waals surface area contributed by atoms with Crippen molar-refractivity contribution in [2.45, 2.75) is 13.2 Å².